The van der Waals surface area contributed by atoms with Crippen LogP contribution in [0.3, 0.4) is 0 Å². The van der Waals surface area contributed by atoms with Crippen molar-refractivity contribution in [3.8, 4) is 0 Å². The molecule has 0 amide bonds. The second-order valence-electron chi connectivity index (χ2n) is 4.04. The fourth-order valence-corrected chi connectivity index (χ4v) is 2.16. The molecule has 1 aromatic carbocycles. The molecular formula is C13H17FO2. The number of rotatable bonds is 5. The minimum Gasteiger partial charge on any atom is -0.481 e. The van der Waals surface area contributed by atoms with Crippen LogP contribution in [0.2, 0.25) is 0 Å². The third-order valence-electron chi connectivity index (χ3n) is 3.29. The summed E-state index contributed by atoms with van der Waals surface area (Å²) in [6, 6.07) is 6.44. The summed E-state index contributed by atoms with van der Waals surface area (Å²) in [5, 5.41) is 8.94. The summed E-state index contributed by atoms with van der Waals surface area (Å²) in [4.78, 5) is 10.9. The van der Waals surface area contributed by atoms with E-state index in [9.17, 15) is 9.18 Å². The van der Waals surface area contributed by atoms with Crippen LogP contribution in [0, 0.1) is 5.82 Å². The maximum Gasteiger partial charge on any atom is 0.304 e. The lowest BCUT2D eigenvalue weighted by molar-refractivity contribution is -0.138. The van der Waals surface area contributed by atoms with Crippen LogP contribution >= 0.6 is 0 Å². The molecule has 88 valence electrons. The summed E-state index contributed by atoms with van der Waals surface area (Å²) in [6.45, 7) is 3.80. The fourth-order valence-electron chi connectivity index (χ4n) is 2.16. The van der Waals surface area contributed by atoms with Gasteiger partial charge in [-0.2, -0.15) is 0 Å². The van der Waals surface area contributed by atoms with Gasteiger partial charge in [0.05, 0.1) is 6.42 Å². The number of hydrogen-bond acceptors (Lipinski definition) is 1. The number of carbonyl (C=O) groups is 1. The van der Waals surface area contributed by atoms with Crippen LogP contribution in [0.25, 0.3) is 0 Å². The number of carboxylic acid groups (broad SMARTS) is 1. The number of carboxylic acids is 1. The summed E-state index contributed by atoms with van der Waals surface area (Å²) in [7, 11) is 0. The number of benzene rings is 1. The van der Waals surface area contributed by atoms with Gasteiger partial charge in [0.25, 0.3) is 0 Å². The van der Waals surface area contributed by atoms with Crippen molar-refractivity contribution in [2.45, 2.75) is 38.5 Å². The monoisotopic (exact) mass is 224 g/mol. The minimum absolute atomic E-state index is 0.0269. The summed E-state index contributed by atoms with van der Waals surface area (Å²) in [6.07, 6.45) is 1.22. The highest BCUT2D eigenvalue weighted by molar-refractivity contribution is 5.69. The number of aliphatic carboxylic acids is 1. The zero-order valence-corrected chi connectivity index (χ0v) is 9.66. The van der Waals surface area contributed by atoms with Gasteiger partial charge in [0.2, 0.25) is 0 Å². The lowest BCUT2D eigenvalue weighted by Crippen LogP contribution is -2.29. The first-order valence-electron chi connectivity index (χ1n) is 5.52. The van der Waals surface area contributed by atoms with Crippen LogP contribution in [0.4, 0.5) is 4.39 Å². The molecular weight excluding hydrogens is 207 g/mol. The first-order valence-corrected chi connectivity index (χ1v) is 5.52. The molecule has 0 aromatic heterocycles. The molecule has 0 radical (unpaired) electrons. The Morgan fingerprint density at radius 3 is 2.31 bits per heavy atom. The van der Waals surface area contributed by atoms with Crippen molar-refractivity contribution in [3.63, 3.8) is 0 Å². The zero-order valence-electron chi connectivity index (χ0n) is 9.66. The Bertz CT molecular complexity index is 370. The van der Waals surface area contributed by atoms with Gasteiger partial charge in [0.15, 0.2) is 0 Å². The molecule has 0 saturated carbocycles. The first-order chi connectivity index (χ1) is 7.55. The highest BCUT2D eigenvalue weighted by Crippen LogP contribution is 2.36. The van der Waals surface area contributed by atoms with Gasteiger partial charge in [0, 0.05) is 5.41 Å². The molecule has 0 aliphatic heterocycles. The van der Waals surface area contributed by atoms with Gasteiger partial charge in [-0.15, -0.1) is 0 Å². The van der Waals surface area contributed by atoms with E-state index >= 15 is 0 Å². The molecule has 0 unspecified atom stereocenters. The standard InChI is InChI=1S/C13H17FO2/c1-3-13(4-2,9-12(15)16)10-7-5-6-8-11(10)14/h5-8H,3-4,9H2,1-2H3,(H,15,16). The topological polar surface area (TPSA) is 37.3 Å². The van der Waals surface area contributed by atoms with E-state index in [1.807, 2.05) is 13.8 Å². The van der Waals surface area contributed by atoms with Crippen molar-refractivity contribution in [2.75, 3.05) is 0 Å². The van der Waals surface area contributed by atoms with Gasteiger partial charge in [-0.25, -0.2) is 4.39 Å². The largest absolute Gasteiger partial charge is 0.481 e. The third kappa shape index (κ3) is 2.40. The van der Waals surface area contributed by atoms with Crippen molar-refractivity contribution < 1.29 is 14.3 Å². The Hall–Kier alpha value is -1.38. The van der Waals surface area contributed by atoms with Crippen LogP contribution < -0.4 is 0 Å². The van der Waals surface area contributed by atoms with E-state index in [-0.39, 0.29) is 12.2 Å². The molecule has 3 heteroatoms. The van der Waals surface area contributed by atoms with Crippen molar-refractivity contribution in [2.24, 2.45) is 0 Å². The predicted molar refractivity (Wildman–Crippen MR) is 60.9 cm³/mol. The van der Waals surface area contributed by atoms with E-state index in [0.717, 1.165) is 0 Å². The zero-order chi connectivity index (χ0) is 12.2. The number of halogens is 1. The molecule has 1 aromatic rings. The van der Waals surface area contributed by atoms with E-state index in [1.165, 1.54) is 6.07 Å². The molecule has 0 heterocycles. The smallest absolute Gasteiger partial charge is 0.304 e. The molecule has 2 nitrogen and oxygen atoms in total. The Morgan fingerprint density at radius 1 is 1.31 bits per heavy atom. The van der Waals surface area contributed by atoms with Gasteiger partial charge in [-0.1, -0.05) is 32.0 Å². The fraction of sp³-hybridized carbons (Fsp3) is 0.462. The Labute approximate surface area is 95.1 Å². The maximum atomic E-state index is 13.7. The van der Waals surface area contributed by atoms with Gasteiger partial charge < -0.3 is 5.11 Å². The summed E-state index contributed by atoms with van der Waals surface area (Å²) >= 11 is 0. The van der Waals surface area contributed by atoms with Gasteiger partial charge in [0.1, 0.15) is 5.82 Å². The molecule has 0 aliphatic carbocycles. The molecule has 0 fully saturated rings. The Balaban J connectivity index is 3.20. The average Bonchev–Trinajstić information content (AvgIpc) is 2.26. The molecule has 1 N–H and O–H groups in total. The van der Waals surface area contributed by atoms with Gasteiger partial charge >= 0.3 is 5.97 Å². The van der Waals surface area contributed by atoms with Crippen molar-refractivity contribution in [1.29, 1.82) is 0 Å². The molecule has 0 aliphatic rings. The summed E-state index contributed by atoms with van der Waals surface area (Å²) < 4.78 is 13.7. The quantitative estimate of drug-likeness (QED) is 0.832. The van der Waals surface area contributed by atoms with E-state index in [1.54, 1.807) is 18.2 Å². The Kier molecular flexibility index (Phi) is 4.05. The van der Waals surface area contributed by atoms with Crippen LogP contribution in [0.15, 0.2) is 24.3 Å². The average molecular weight is 224 g/mol. The molecule has 0 spiro atoms. The lowest BCUT2D eigenvalue weighted by atomic mass is 9.73. The highest BCUT2D eigenvalue weighted by Gasteiger charge is 2.33. The van der Waals surface area contributed by atoms with E-state index in [0.29, 0.717) is 18.4 Å². The SMILES string of the molecule is CCC(CC)(CC(=O)O)c1ccccc1F. The van der Waals surface area contributed by atoms with Crippen LogP contribution in [0.1, 0.15) is 38.7 Å². The third-order valence-corrected chi connectivity index (χ3v) is 3.29. The van der Waals surface area contributed by atoms with Crippen molar-refractivity contribution in [3.05, 3.63) is 35.6 Å². The van der Waals surface area contributed by atoms with Gasteiger partial charge in [-0.3, -0.25) is 4.79 Å². The second-order valence-corrected chi connectivity index (χ2v) is 4.04. The first kappa shape index (κ1) is 12.7. The highest BCUT2D eigenvalue weighted by atomic mass is 19.1. The van der Waals surface area contributed by atoms with Crippen LogP contribution in [-0.4, -0.2) is 11.1 Å². The van der Waals surface area contributed by atoms with E-state index < -0.39 is 11.4 Å². The lowest BCUT2D eigenvalue weighted by Gasteiger charge is -2.31. The number of hydrogen-bond donors (Lipinski definition) is 1. The predicted octanol–water partition coefficient (Wildman–Crippen LogP) is 3.36. The summed E-state index contributed by atoms with van der Waals surface area (Å²) in [5.74, 6) is -1.19. The van der Waals surface area contributed by atoms with Crippen molar-refractivity contribution >= 4 is 5.97 Å². The second kappa shape index (κ2) is 5.10. The normalized spacial score (nSPS) is 11.4. The summed E-state index contributed by atoms with van der Waals surface area (Å²) in [5.41, 5.74) is -0.0700. The molecule has 0 bridgehead atoms. The molecule has 16 heavy (non-hydrogen) atoms. The van der Waals surface area contributed by atoms with E-state index in [2.05, 4.69) is 0 Å². The Morgan fingerprint density at radius 2 is 1.88 bits per heavy atom. The van der Waals surface area contributed by atoms with Crippen molar-refractivity contribution in [1.82, 2.24) is 0 Å². The van der Waals surface area contributed by atoms with E-state index in [4.69, 9.17) is 5.11 Å². The molecule has 1 rings (SSSR count). The van der Waals surface area contributed by atoms with Crippen LogP contribution in [-0.2, 0) is 10.2 Å². The minimum atomic E-state index is -0.882. The van der Waals surface area contributed by atoms with Crippen LogP contribution in [0.5, 0.6) is 0 Å². The maximum absolute atomic E-state index is 13.7. The molecule has 0 atom stereocenters. The molecule has 0 saturated heterocycles. The van der Waals surface area contributed by atoms with Gasteiger partial charge in [-0.05, 0) is 24.5 Å².